The fourth-order valence-electron chi connectivity index (χ4n) is 4.42. The molecule has 0 aliphatic heterocycles. The molecule has 1 aliphatic rings. The second-order valence-electron chi connectivity index (χ2n) is 8.90. The highest BCUT2D eigenvalue weighted by molar-refractivity contribution is 5.83. The standard InChI is InChI=1S/C29H29F3N4/c1-19-9-13-24(14-10-19)36(4)28-16-12-23-17-22(11-15-25(23)20(28)2)18-33-35-21(3)34-27-8-6-5-7-26(27)29(30,31)32/h5-11,13-15,17-18,34-35H,3,12,16H2,1-2,4H3/b33-18+. The van der Waals surface area contributed by atoms with E-state index in [4.69, 9.17) is 0 Å². The highest BCUT2D eigenvalue weighted by Gasteiger charge is 2.33. The third-order valence-corrected chi connectivity index (χ3v) is 6.35. The molecular formula is C29H29F3N4. The number of hydrogen-bond donors (Lipinski definition) is 2. The molecule has 0 aromatic heterocycles. The normalized spacial score (nSPS) is 13.5. The zero-order valence-electron chi connectivity index (χ0n) is 20.6. The highest BCUT2D eigenvalue weighted by Crippen LogP contribution is 2.36. The zero-order valence-corrected chi connectivity index (χ0v) is 20.6. The lowest BCUT2D eigenvalue weighted by Gasteiger charge is -2.30. The van der Waals surface area contributed by atoms with E-state index in [2.05, 4.69) is 84.6 Å². The molecule has 186 valence electrons. The Kier molecular flexibility index (Phi) is 7.20. The van der Waals surface area contributed by atoms with Gasteiger partial charge in [-0.3, -0.25) is 5.43 Å². The number of nitrogens with one attached hydrogen (secondary N) is 2. The lowest BCUT2D eigenvalue weighted by atomic mass is 9.88. The van der Waals surface area contributed by atoms with Crippen LogP contribution in [0.25, 0.3) is 5.57 Å². The van der Waals surface area contributed by atoms with Crippen LogP contribution in [0.3, 0.4) is 0 Å². The van der Waals surface area contributed by atoms with Gasteiger partial charge < -0.3 is 10.2 Å². The Bertz CT molecular complexity index is 1320. The fraction of sp³-hybridized carbons (Fsp3) is 0.207. The van der Waals surface area contributed by atoms with Crippen molar-refractivity contribution in [2.45, 2.75) is 32.9 Å². The smallest absolute Gasteiger partial charge is 0.348 e. The number of para-hydroxylation sites is 1. The van der Waals surface area contributed by atoms with Crippen molar-refractivity contribution in [2.75, 3.05) is 17.3 Å². The molecule has 0 unspecified atom stereocenters. The second kappa shape index (κ2) is 10.3. The Morgan fingerprint density at radius 2 is 1.72 bits per heavy atom. The number of halogens is 3. The van der Waals surface area contributed by atoms with Crippen LogP contribution in [0.15, 0.2) is 89.9 Å². The van der Waals surface area contributed by atoms with Crippen LogP contribution in [0.5, 0.6) is 0 Å². The van der Waals surface area contributed by atoms with Crippen LogP contribution < -0.4 is 15.6 Å². The van der Waals surface area contributed by atoms with E-state index in [9.17, 15) is 13.2 Å². The van der Waals surface area contributed by atoms with Crippen molar-refractivity contribution < 1.29 is 13.2 Å². The lowest BCUT2D eigenvalue weighted by molar-refractivity contribution is -0.136. The van der Waals surface area contributed by atoms with Crippen molar-refractivity contribution in [1.82, 2.24) is 5.43 Å². The molecule has 7 heteroatoms. The maximum Gasteiger partial charge on any atom is 0.418 e. The highest BCUT2D eigenvalue weighted by atomic mass is 19.4. The number of anilines is 2. The molecule has 1 aliphatic carbocycles. The Morgan fingerprint density at radius 1 is 1.00 bits per heavy atom. The number of aryl methyl sites for hydroxylation is 2. The summed E-state index contributed by atoms with van der Waals surface area (Å²) in [5.41, 5.74) is 10.1. The predicted octanol–water partition coefficient (Wildman–Crippen LogP) is 7.33. The number of fused-ring (bicyclic) bond motifs is 1. The quantitative estimate of drug-likeness (QED) is 0.269. The summed E-state index contributed by atoms with van der Waals surface area (Å²) in [7, 11) is 2.11. The van der Waals surface area contributed by atoms with Gasteiger partial charge in [-0.15, -0.1) is 0 Å². The summed E-state index contributed by atoms with van der Waals surface area (Å²) in [5.74, 6) is 0.142. The van der Waals surface area contributed by atoms with Gasteiger partial charge in [0.05, 0.1) is 17.5 Å². The molecule has 4 nitrogen and oxygen atoms in total. The maximum absolute atomic E-state index is 13.2. The zero-order chi connectivity index (χ0) is 25.9. The van der Waals surface area contributed by atoms with Crippen molar-refractivity contribution in [3.8, 4) is 0 Å². The van der Waals surface area contributed by atoms with E-state index in [0.717, 1.165) is 24.5 Å². The summed E-state index contributed by atoms with van der Waals surface area (Å²) in [4.78, 5) is 2.26. The molecule has 4 rings (SSSR count). The molecule has 0 bridgehead atoms. The van der Waals surface area contributed by atoms with Crippen molar-refractivity contribution in [1.29, 1.82) is 0 Å². The molecule has 3 aromatic rings. The predicted molar refractivity (Wildman–Crippen MR) is 142 cm³/mol. The van der Waals surface area contributed by atoms with Gasteiger partial charge in [0, 0.05) is 18.4 Å². The van der Waals surface area contributed by atoms with Gasteiger partial charge in [0.2, 0.25) is 0 Å². The first-order chi connectivity index (χ1) is 17.1. The molecule has 0 saturated carbocycles. The van der Waals surface area contributed by atoms with Gasteiger partial charge in [0.15, 0.2) is 0 Å². The minimum absolute atomic E-state index is 0.0832. The fourth-order valence-corrected chi connectivity index (χ4v) is 4.42. The van der Waals surface area contributed by atoms with Gasteiger partial charge in [-0.1, -0.05) is 48.5 Å². The number of hydrogen-bond acceptors (Lipinski definition) is 4. The van der Waals surface area contributed by atoms with Crippen molar-refractivity contribution in [3.63, 3.8) is 0 Å². The molecule has 0 fully saturated rings. The number of allylic oxidation sites excluding steroid dienone is 2. The van der Waals surface area contributed by atoms with E-state index in [0.29, 0.717) is 0 Å². The van der Waals surface area contributed by atoms with Gasteiger partial charge in [0.25, 0.3) is 0 Å². The summed E-state index contributed by atoms with van der Waals surface area (Å²) in [6.07, 6.45) is -0.981. The third kappa shape index (κ3) is 5.62. The van der Waals surface area contributed by atoms with Gasteiger partial charge in [-0.05, 0) is 79.3 Å². The van der Waals surface area contributed by atoms with E-state index < -0.39 is 11.7 Å². The van der Waals surface area contributed by atoms with E-state index in [1.54, 1.807) is 6.21 Å². The largest absolute Gasteiger partial charge is 0.418 e. The van der Waals surface area contributed by atoms with Gasteiger partial charge in [-0.25, -0.2) is 0 Å². The molecular weight excluding hydrogens is 461 g/mol. The van der Waals surface area contributed by atoms with Crippen LogP contribution in [0, 0.1) is 6.92 Å². The molecule has 36 heavy (non-hydrogen) atoms. The van der Waals surface area contributed by atoms with Gasteiger partial charge in [-0.2, -0.15) is 18.3 Å². The lowest BCUT2D eigenvalue weighted by Crippen LogP contribution is -2.21. The Morgan fingerprint density at radius 3 is 2.44 bits per heavy atom. The topological polar surface area (TPSA) is 39.7 Å². The Hall–Kier alpha value is -4.00. The molecule has 0 atom stereocenters. The molecule has 0 radical (unpaired) electrons. The summed E-state index contributed by atoms with van der Waals surface area (Å²) in [6, 6.07) is 20.0. The SMILES string of the molecule is C=C(N/N=C/c1ccc2c(c1)CCC(N(C)c1ccc(C)cc1)=C2C)Nc1ccccc1C(F)(F)F. The summed E-state index contributed by atoms with van der Waals surface area (Å²) >= 11 is 0. The van der Waals surface area contributed by atoms with E-state index >= 15 is 0 Å². The number of nitrogens with zero attached hydrogens (tertiary/aromatic N) is 2. The van der Waals surface area contributed by atoms with E-state index in [1.807, 2.05) is 6.07 Å². The summed E-state index contributed by atoms with van der Waals surface area (Å²) in [5, 5.41) is 6.79. The van der Waals surface area contributed by atoms with Crippen LogP contribution in [0.4, 0.5) is 24.5 Å². The third-order valence-electron chi connectivity index (χ3n) is 6.35. The van der Waals surface area contributed by atoms with Crippen molar-refractivity contribution >= 4 is 23.2 Å². The summed E-state index contributed by atoms with van der Waals surface area (Å²) in [6.45, 7) is 7.96. The number of hydrazone groups is 1. The number of benzene rings is 3. The van der Waals surface area contributed by atoms with Crippen LogP contribution in [0.2, 0.25) is 0 Å². The van der Waals surface area contributed by atoms with E-state index in [-0.39, 0.29) is 11.5 Å². The van der Waals surface area contributed by atoms with Crippen LogP contribution in [-0.4, -0.2) is 13.3 Å². The van der Waals surface area contributed by atoms with Crippen molar-refractivity contribution in [3.05, 3.63) is 113 Å². The van der Waals surface area contributed by atoms with Crippen LogP contribution in [0.1, 0.15) is 41.2 Å². The minimum Gasteiger partial charge on any atom is -0.348 e. The first kappa shape index (κ1) is 25.1. The van der Waals surface area contributed by atoms with Crippen LogP contribution >= 0.6 is 0 Å². The molecule has 3 aromatic carbocycles. The average Bonchev–Trinajstić information content (AvgIpc) is 2.84. The second-order valence-corrected chi connectivity index (χ2v) is 8.90. The molecule has 0 saturated heterocycles. The monoisotopic (exact) mass is 490 g/mol. The van der Waals surface area contributed by atoms with Gasteiger partial charge >= 0.3 is 6.18 Å². The first-order valence-electron chi connectivity index (χ1n) is 11.7. The van der Waals surface area contributed by atoms with Crippen molar-refractivity contribution in [2.24, 2.45) is 5.10 Å². The van der Waals surface area contributed by atoms with Crippen LogP contribution in [-0.2, 0) is 12.6 Å². The number of rotatable bonds is 7. The first-order valence-corrected chi connectivity index (χ1v) is 11.7. The summed E-state index contributed by atoms with van der Waals surface area (Å²) < 4.78 is 39.5. The molecule has 2 N–H and O–H groups in total. The Labute approximate surface area is 209 Å². The Balaban J connectivity index is 1.43. The molecule has 0 spiro atoms. The molecule has 0 amide bonds. The van der Waals surface area contributed by atoms with E-state index in [1.165, 1.54) is 51.8 Å². The maximum atomic E-state index is 13.2. The van der Waals surface area contributed by atoms with Gasteiger partial charge in [0.1, 0.15) is 5.82 Å². The minimum atomic E-state index is -4.46. The average molecular weight is 491 g/mol. The number of alkyl halides is 3. The molecule has 0 heterocycles.